The first-order chi connectivity index (χ1) is 8.70. The zero-order valence-corrected chi connectivity index (χ0v) is 12.1. The second kappa shape index (κ2) is 6.29. The molecule has 0 saturated heterocycles. The number of nitrogens with zero attached hydrogens (tertiary/aromatic N) is 1. The predicted octanol–water partition coefficient (Wildman–Crippen LogP) is 2.47. The predicted molar refractivity (Wildman–Crippen MR) is 76.7 cm³/mol. The summed E-state index contributed by atoms with van der Waals surface area (Å²) in [6, 6.07) is 3.74. The summed E-state index contributed by atoms with van der Waals surface area (Å²) < 4.78 is 0.722. The first-order valence-electron chi connectivity index (χ1n) is 5.34. The third-order valence-corrected chi connectivity index (χ3v) is 4.42. The van der Waals surface area contributed by atoms with Crippen molar-refractivity contribution in [2.45, 2.75) is 0 Å². The van der Waals surface area contributed by atoms with Gasteiger partial charge in [0.25, 0.3) is 5.91 Å². The van der Waals surface area contributed by atoms with Crippen molar-refractivity contribution in [2.75, 3.05) is 20.1 Å². The molecule has 2 heterocycles. The van der Waals surface area contributed by atoms with Crippen molar-refractivity contribution in [3.8, 4) is 9.88 Å². The van der Waals surface area contributed by atoms with Gasteiger partial charge < -0.3 is 10.6 Å². The maximum atomic E-state index is 11.8. The van der Waals surface area contributed by atoms with E-state index in [0.29, 0.717) is 12.2 Å². The molecule has 2 rings (SSSR count). The van der Waals surface area contributed by atoms with Crippen molar-refractivity contribution < 1.29 is 4.79 Å². The Hall–Kier alpha value is -0.950. The van der Waals surface area contributed by atoms with E-state index in [2.05, 4.69) is 15.6 Å². The molecule has 4 nitrogen and oxygen atoms in total. The molecule has 18 heavy (non-hydrogen) atoms. The molecule has 7 heteroatoms. The Bertz CT molecular complexity index is 538. The molecule has 0 atom stereocenters. The van der Waals surface area contributed by atoms with Crippen LogP contribution < -0.4 is 10.6 Å². The summed E-state index contributed by atoms with van der Waals surface area (Å²) >= 11 is 8.78. The molecule has 0 aliphatic rings. The summed E-state index contributed by atoms with van der Waals surface area (Å²) in [7, 11) is 1.84. The van der Waals surface area contributed by atoms with Crippen LogP contribution in [0.5, 0.6) is 0 Å². The lowest BCUT2D eigenvalue weighted by molar-refractivity contribution is 0.0950. The lowest BCUT2D eigenvalue weighted by Crippen LogP contribution is -2.30. The normalized spacial score (nSPS) is 10.6. The van der Waals surface area contributed by atoms with Crippen LogP contribution in [0.1, 0.15) is 10.5 Å². The van der Waals surface area contributed by atoms with Crippen molar-refractivity contribution in [3.05, 3.63) is 27.5 Å². The first kappa shape index (κ1) is 13.5. The highest BCUT2D eigenvalue weighted by Crippen LogP contribution is 2.32. The van der Waals surface area contributed by atoms with Gasteiger partial charge in [0, 0.05) is 18.5 Å². The van der Waals surface area contributed by atoms with E-state index in [1.807, 2.05) is 19.2 Å². The summed E-state index contributed by atoms with van der Waals surface area (Å²) in [4.78, 5) is 17.0. The molecule has 1 amide bonds. The Morgan fingerprint density at radius 3 is 2.94 bits per heavy atom. The lowest BCUT2D eigenvalue weighted by atomic mass is 10.4. The highest BCUT2D eigenvalue weighted by molar-refractivity contribution is 7.23. The van der Waals surface area contributed by atoms with Gasteiger partial charge in [0.15, 0.2) is 0 Å². The lowest BCUT2D eigenvalue weighted by Gasteiger charge is -2.01. The van der Waals surface area contributed by atoms with Gasteiger partial charge in [0.05, 0.1) is 9.21 Å². The standard InChI is InChI=1S/C11H12ClN3OS2/c1-13-4-5-14-10(16)7-6-17-11(15-7)8-2-3-9(12)18-8/h2-3,6,13H,4-5H2,1H3,(H,14,16). The molecule has 0 bridgehead atoms. The van der Waals surface area contributed by atoms with Gasteiger partial charge in [-0.15, -0.1) is 22.7 Å². The molecule has 0 aliphatic carbocycles. The Labute approximate surface area is 118 Å². The number of aromatic nitrogens is 1. The summed E-state index contributed by atoms with van der Waals surface area (Å²) in [5.74, 6) is -0.143. The van der Waals surface area contributed by atoms with Gasteiger partial charge in [0.2, 0.25) is 0 Å². The van der Waals surface area contributed by atoms with Crippen molar-refractivity contribution in [1.29, 1.82) is 0 Å². The minimum atomic E-state index is -0.143. The zero-order valence-electron chi connectivity index (χ0n) is 9.70. The van der Waals surface area contributed by atoms with Crippen LogP contribution in [0.15, 0.2) is 17.5 Å². The van der Waals surface area contributed by atoms with Gasteiger partial charge in [-0.3, -0.25) is 4.79 Å². The Morgan fingerprint density at radius 1 is 1.44 bits per heavy atom. The molecule has 96 valence electrons. The Kier molecular flexibility index (Phi) is 4.71. The van der Waals surface area contributed by atoms with Crippen LogP contribution in [-0.2, 0) is 0 Å². The van der Waals surface area contributed by atoms with Gasteiger partial charge in [0.1, 0.15) is 10.7 Å². The number of carbonyl (C=O) groups is 1. The number of halogens is 1. The molecule has 2 aromatic heterocycles. The number of thiophene rings is 1. The molecule has 0 aromatic carbocycles. The molecule has 0 unspecified atom stereocenters. The highest BCUT2D eigenvalue weighted by atomic mass is 35.5. The molecule has 2 N–H and O–H groups in total. The molecular weight excluding hydrogens is 290 g/mol. The van der Waals surface area contributed by atoms with Crippen molar-refractivity contribution in [1.82, 2.24) is 15.6 Å². The van der Waals surface area contributed by atoms with Crippen LogP contribution in [0, 0.1) is 0 Å². The average Bonchev–Trinajstić information content (AvgIpc) is 2.97. The number of nitrogens with one attached hydrogen (secondary N) is 2. The summed E-state index contributed by atoms with van der Waals surface area (Å²) in [6.07, 6.45) is 0. The second-order valence-electron chi connectivity index (χ2n) is 3.50. The number of thiazole rings is 1. The third kappa shape index (κ3) is 3.29. The van der Waals surface area contributed by atoms with Gasteiger partial charge >= 0.3 is 0 Å². The van der Waals surface area contributed by atoms with E-state index in [0.717, 1.165) is 20.8 Å². The number of hydrogen-bond acceptors (Lipinski definition) is 5. The molecule has 0 radical (unpaired) electrons. The van der Waals surface area contributed by atoms with Crippen molar-refractivity contribution in [3.63, 3.8) is 0 Å². The topological polar surface area (TPSA) is 54.0 Å². The first-order valence-corrected chi connectivity index (χ1v) is 7.42. The van der Waals surface area contributed by atoms with E-state index in [1.54, 1.807) is 5.38 Å². The van der Waals surface area contributed by atoms with Crippen molar-refractivity contribution in [2.24, 2.45) is 0 Å². The van der Waals surface area contributed by atoms with Gasteiger partial charge in [-0.05, 0) is 19.2 Å². The van der Waals surface area contributed by atoms with E-state index in [9.17, 15) is 4.79 Å². The minimum absolute atomic E-state index is 0.143. The van der Waals surface area contributed by atoms with E-state index < -0.39 is 0 Å². The summed E-state index contributed by atoms with van der Waals surface area (Å²) in [5, 5.41) is 8.34. The second-order valence-corrected chi connectivity index (χ2v) is 6.07. The summed E-state index contributed by atoms with van der Waals surface area (Å²) in [6.45, 7) is 1.33. The fourth-order valence-corrected chi connectivity index (χ4v) is 3.23. The number of carbonyl (C=O) groups excluding carboxylic acids is 1. The number of rotatable bonds is 5. The molecule has 0 saturated carbocycles. The number of amides is 1. The van der Waals surface area contributed by atoms with Gasteiger partial charge in [-0.1, -0.05) is 11.6 Å². The Balaban J connectivity index is 2.04. The van der Waals surface area contributed by atoms with Crippen molar-refractivity contribution >= 4 is 40.2 Å². The van der Waals surface area contributed by atoms with E-state index in [1.165, 1.54) is 22.7 Å². The van der Waals surface area contributed by atoms with Crippen LogP contribution in [0.25, 0.3) is 9.88 Å². The number of hydrogen-bond donors (Lipinski definition) is 2. The van der Waals surface area contributed by atoms with Crippen LogP contribution in [0.3, 0.4) is 0 Å². The molecule has 0 spiro atoms. The SMILES string of the molecule is CNCCNC(=O)c1csc(-c2ccc(Cl)s2)n1. The van der Waals surface area contributed by atoms with Crippen LogP contribution in [-0.4, -0.2) is 31.0 Å². The van der Waals surface area contributed by atoms with Crippen LogP contribution in [0.2, 0.25) is 4.34 Å². The third-order valence-electron chi connectivity index (χ3n) is 2.18. The molecule has 0 aliphatic heterocycles. The largest absolute Gasteiger partial charge is 0.349 e. The fourth-order valence-electron chi connectivity index (χ4n) is 1.31. The van der Waals surface area contributed by atoms with E-state index >= 15 is 0 Å². The monoisotopic (exact) mass is 301 g/mol. The van der Waals surface area contributed by atoms with Crippen LogP contribution in [0.4, 0.5) is 0 Å². The minimum Gasteiger partial charge on any atom is -0.349 e. The quantitative estimate of drug-likeness (QED) is 0.834. The van der Waals surface area contributed by atoms with E-state index in [-0.39, 0.29) is 5.91 Å². The average molecular weight is 302 g/mol. The molecule has 2 aromatic rings. The smallest absolute Gasteiger partial charge is 0.270 e. The van der Waals surface area contributed by atoms with E-state index in [4.69, 9.17) is 11.6 Å². The maximum Gasteiger partial charge on any atom is 0.270 e. The molecule has 0 fully saturated rings. The Morgan fingerprint density at radius 2 is 2.28 bits per heavy atom. The zero-order chi connectivity index (χ0) is 13.0. The number of likely N-dealkylation sites (N-methyl/N-ethyl adjacent to an activating group) is 1. The van der Waals surface area contributed by atoms with Gasteiger partial charge in [-0.2, -0.15) is 0 Å². The van der Waals surface area contributed by atoms with Gasteiger partial charge in [-0.25, -0.2) is 4.98 Å². The fraction of sp³-hybridized carbons (Fsp3) is 0.273. The van der Waals surface area contributed by atoms with Crippen LogP contribution >= 0.6 is 34.3 Å². The highest BCUT2D eigenvalue weighted by Gasteiger charge is 2.12. The summed E-state index contributed by atoms with van der Waals surface area (Å²) in [5.41, 5.74) is 0.454. The maximum absolute atomic E-state index is 11.8. The molecular formula is C11H12ClN3OS2.